The van der Waals surface area contributed by atoms with Crippen molar-refractivity contribution >= 4 is 23.1 Å². The van der Waals surface area contributed by atoms with Gasteiger partial charge in [-0.1, -0.05) is 146 Å². The molecule has 2 N–H and O–H groups in total. The monoisotopic (exact) mass is 839 g/mol. The predicted molar refractivity (Wildman–Crippen MR) is 244 cm³/mol. The number of nitrogens with zero attached hydrogens (tertiary/aromatic N) is 3. The molecule has 0 bridgehead atoms. The Morgan fingerprint density at radius 3 is 1.60 bits per heavy atom. The van der Waals surface area contributed by atoms with Crippen LogP contribution in [0.2, 0.25) is 0 Å². The van der Waals surface area contributed by atoms with Gasteiger partial charge in [0.2, 0.25) is 5.95 Å². The Kier molecular flexibility index (Phi) is 12.8. The molecule has 0 radical (unpaired) electrons. The number of fused-ring (bicyclic) bond motifs is 1. The molecule has 2 heterocycles. The number of H-pyrrole nitrogens is 1. The lowest BCUT2D eigenvalue weighted by Crippen LogP contribution is -2.39. The number of rotatable bonds is 18. The molecule has 0 saturated carbocycles. The summed E-state index contributed by atoms with van der Waals surface area (Å²) in [6.07, 6.45) is 2.13. The number of hydrogen-bond donors (Lipinski definition) is 2. The minimum absolute atomic E-state index is 0.115. The molecule has 1 atom stereocenters. The molecule has 11 nitrogen and oxygen atoms in total. The maximum atomic E-state index is 13.9. The first-order valence-corrected chi connectivity index (χ1v) is 20.9. The standard InChI is InChI=1S/C52H49N5O6/c1-37(58)62-34-38(35-63-52(42-20-12-6-13-21-42,43-22-14-7-15-23-43)44-26-30-46(61-3)31-27-44)32-33-57-36-53-47-48(57)54-50(55-49(47)59)56-51(39-16-8-4-9-17-39,40-18-10-5-11-19-40)41-24-28-45(60-2)29-25-41/h4-31,36,38H,32-35H2,1-3H3,(H2,54,55,56,59). The Hall–Kier alpha value is -7.50. The summed E-state index contributed by atoms with van der Waals surface area (Å²) in [5, 5.41) is 3.68. The zero-order valence-corrected chi connectivity index (χ0v) is 35.4. The van der Waals surface area contributed by atoms with Crippen LogP contribution >= 0.6 is 0 Å². The molecule has 63 heavy (non-hydrogen) atoms. The second-order valence-electron chi connectivity index (χ2n) is 15.3. The van der Waals surface area contributed by atoms with Crippen molar-refractivity contribution in [1.82, 2.24) is 19.5 Å². The fourth-order valence-corrected chi connectivity index (χ4v) is 8.22. The molecule has 0 aliphatic rings. The molecule has 0 aliphatic heterocycles. The van der Waals surface area contributed by atoms with Gasteiger partial charge in [0.1, 0.15) is 22.6 Å². The fourth-order valence-electron chi connectivity index (χ4n) is 8.22. The number of imidazole rings is 1. The van der Waals surface area contributed by atoms with E-state index >= 15 is 0 Å². The number of carbonyl (C=O) groups is 1. The Balaban J connectivity index is 1.15. The number of nitrogens with one attached hydrogen (secondary N) is 2. The van der Waals surface area contributed by atoms with E-state index in [9.17, 15) is 9.59 Å². The fraction of sp³-hybridized carbons (Fsp3) is 0.192. The van der Waals surface area contributed by atoms with E-state index in [1.165, 1.54) is 6.92 Å². The maximum Gasteiger partial charge on any atom is 0.302 e. The van der Waals surface area contributed by atoms with Crippen molar-refractivity contribution in [3.05, 3.63) is 220 Å². The van der Waals surface area contributed by atoms with Gasteiger partial charge in [-0.05, 0) is 64.1 Å². The van der Waals surface area contributed by atoms with Crippen LogP contribution < -0.4 is 20.3 Å². The summed E-state index contributed by atoms with van der Waals surface area (Å²) in [7, 11) is 3.28. The second kappa shape index (κ2) is 19.0. The van der Waals surface area contributed by atoms with Gasteiger partial charge in [0.25, 0.3) is 5.56 Å². The highest BCUT2D eigenvalue weighted by molar-refractivity contribution is 5.71. The van der Waals surface area contributed by atoms with Crippen molar-refractivity contribution in [2.75, 3.05) is 32.8 Å². The van der Waals surface area contributed by atoms with E-state index in [0.29, 0.717) is 18.6 Å². The average molecular weight is 840 g/mol. The van der Waals surface area contributed by atoms with Gasteiger partial charge in [0.05, 0.1) is 33.8 Å². The number of hydrogen-bond acceptors (Lipinski definition) is 9. The summed E-state index contributed by atoms with van der Waals surface area (Å²) in [6.45, 7) is 2.13. The Bertz CT molecular complexity index is 2700. The van der Waals surface area contributed by atoms with E-state index < -0.39 is 11.1 Å². The van der Waals surface area contributed by atoms with Crippen LogP contribution in [-0.4, -0.2) is 52.9 Å². The lowest BCUT2D eigenvalue weighted by atomic mass is 9.77. The molecule has 0 spiro atoms. The van der Waals surface area contributed by atoms with Crippen LogP contribution in [-0.2, 0) is 32.0 Å². The van der Waals surface area contributed by atoms with E-state index in [1.54, 1.807) is 20.5 Å². The first kappa shape index (κ1) is 42.2. The summed E-state index contributed by atoms with van der Waals surface area (Å²) in [5.74, 6) is 1.05. The van der Waals surface area contributed by atoms with Crippen LogP contribution in [0.3, 0.4) is 0 Å². The third kappa shape index (κ3) is 8.82. The minimum atomic E-state index is -1.02. The number of aryl methyl sites for hydroxylation is 1. The molecule has 2 aromatic heterocycles. The van der Waals surface area contributed by atoms with Crippen LogP contribution in [0.5, 0.6) is 11.5 Å². The average Bonchev–Trinajstić information content (AvgIpc) is 3.76. The van der Waals surface area contributed by atoms with Crippen molar-refractivity contribution < 1.29 is 23.7 Å². The summed E-state index contributed by atoms with van der Waals surface area (Å²) < 4.78 is 25.8. The van der Waals surface area contributed by atoms with Gasteiger partial charge >= 0.3 is 5.97 Å². The number of aromatic nitrogens is 4. The van der Waals surface area contributed by atoms with Crippen LogP contribution in [0, 0.1) is 5.92 Å². The van der Waals surface area contributed by atoms with Crippen LogP contribution in [0.25, 0.3) is 11.2 Å². The van der Waals surface area contributed by atoms with E-state index in [1.807, 2.05) is 126 Å². The number of carbonyl (C=O) groups excluding carboxylic acids is 1. The zero-order chi connectivity index (χ0) is 43.7. The van der Waals surface area contributed by atoms with Crippen molar-refractivity contribution in [2.45, 2.75) is 31.0 Å². The first-order chi connectivity index (χ1) is 30.8. The van der Waals surface area contributed by atoms with E-state index in [0.717, 1.165) is 44.9 Å². The van der Waals surface area contributed by atoms with Gasteiger partial charge < -0.3 is 28.8 Å². The van der Waals surface area contributed by atoms with Crippen LogP contribution in [0.15, 0.2) is 181 Å². The van der Waals surface area contributed by atoms with Gasteiger partial charge in [-0.15, -0.1) is 0 Å². The van der Waals surface area contributed by atoms with Gasteiger partial charge in [0, 0.05) is 19.4 Å². The molecule has 0 saturated heterocycles. The lowest BCUT2D eigenvalue weighted by molar-refractivity contribution is -0.143. The number of benzene rings is 6. The van der Waals surface area contributed by atoms with E-state index in [2.05, 4.69) is 63.8 Å². The van der Waals surface area contributed by atoms with Crippen molar-refractivity contribution in [3.63, 3.8) is 0 Å². The topological polar surface area (TPSA) is 130 Å². The number of ether oxygens (including phenoxy) is 4. The van der Waals surface area contributed by atoms with Crippen molar-refractivity contribution in [1.29, 1.82) is 0 Å². The molecular formula is C52H49N5O6. The zero-order valence-electron chi connectivity index (χ0n) is 35.4. The second-order valence-corrected chi connectivity index (χ2v) is 15.3. The highest BCUT2D eigenvalue weighted by atomic mass is 16.5. The minimum Gasteiger partial charge on any atom is -0.497 e. The van der Waals surface area contributed by atoms with E-state index in [4.69, 9.17) is 23.9 Å². The van der Waals surface area contributed by atoms with Gasteiger partial charge in [0.15, 0.2) is 11.2 Å². The third-order valence-corrected chi connectivity index (χ3v) is 11.4. The predicted octanol–water partition coefficient (Wildman–Crippen LogP) is 9.12. The molecule has 6 aromatic carbocycles. The highest BCUT2D eigenvalue weighted by Gasteiger charge is 2.39. The SMILES string of the molecule is COc1ccc(C(Nc2nc3c(ncn3CCC(COC(C)=O)COC(c3ccccc3)(c3ccccc3)c3ccc(OC)cc3)c(=O)[nH]2)(c2ccccc2)c2ccccc2)cc1. The summed E-state index contributed by atoms with van der Waals surface area (Å²) in [5.41, 5.74) is 3.77. The summed E-state index contributed by atoms with van der Waals surface area (Å²) in [4.78, 5) is 38.6. The third-order valence-electron chi connectivity index (χ3n) is 11.4. The summed E-state index contributed by atoms with van der Waals surface area (Å²) in [6, 6.07) is 56.1. The Labute approximate surface area is 366 Å². The molecule has 0 fully saturated rings. The Morgan fingerprint density at radius 2 is 1.11 bits per heavy atom. The number of aromatic amines is 1. The number of methoxy groups -OCH3 is 2. The number of anilines is 1. The van der Waals surface area contributed by atoms with Gasteiger partial charge in [-0.3, -0.25) is 14.6 Å². The van der Waals surface area contributed by atoms with Crippen molar-refractivity contribution in [2.24, 2.45) is 5.92 Å². The largest absolute Gasteiger partial charge is 0.497 e. The molecule has 0 aliphatic carbocycles. The quantitative estimate of drug-likeness (QED) is 0.0642. The molecule has 8 aromatic rings. The van der Waals surface area contributed by atoms with Crippen LogP contribution in [0.1, 0.15) is 46.7 Å². The molecular weight excluding hydrogens is 791 g/mol. The molecule has 318 valence electrons. The van der Waals surface area contributed by atoms with E-state index in [-0.39, 0.29) is 42.1 Å². The molecule has 11 heteroatoms. The normalized spacial score (nSPS) is 12.1. The first-order valence-electron chi connectivity index (χ1n) is 20.9. The summed E-state index contributed by atoms with van der Waals surface area (Å²) >= 11 is 0. The number of esters is 1. The van der Waals surface area contributed by atoms with Gasteiger partial charge in [-0.25, -0.2) is 4.98 Å². The lowest BCUT2D eigenvalue weighted by Gasteiger charge is -2.37. The van der Waals surface area contributed by atoms with Crippen LogP contribution in [0.4, 0.5) is 5.95 Å². The molecule has 1 unspecified atom stereocenters. The molecule has 0 amide bonds. The highest BCUT2D eigenvalue weighted by Crippen LogP contribution is 2.42. The smallest absolute Gasteiger partial charge is 0.302 e. The van der Waals surface area contributed by atoms with Gasteiger partial charge in [-0.2, -0.15) is 4.98 Å². The van der Waals surface area contributed by atoms with Crippen molar-refractivity contribution in [3.8, 4) is 11.5 Å². The molecule has 8 rings (SSSR count). The Morgan fingerprint density at radius 1 is 0.651 bits per heavy atom. The maximum absolute atomic E-state index is 13.9.